The monoisotopic (exact) mass is 303 g/mol. The molecule has 0 atom stereocenters. The molecular weight excluding hydrogens is 286 g/mol. The zero-order valence-corrected chi connectivity index (χ0v) is 13.1. The Hall–Kier alpha value is -2.00. The van der Waals surface area contributed by atoms with E-state index >= 15 is 0 Å². The van der Waals surface area contributed by atoms with Crippen molar-refractivity contribution >= 4 is 23.1 Å². The van der Waals surface area contributed by atoms with Crippen molar-refractivity contribution in [2.75, 3.05) is 12.8 Å². The smallest absolute Gasteiger partial charge is 0.193 e. The molecule has 0 radical (unpaired) electrons. The minimum Gasteiger partial charge on any atom is -0.496 e. The normalized spacial score (nSPS) is 10.7. The van der Waals surface area contributed by atoms with Gasteiger partial charge in [0.25, 0.3) is 0 Å². The van der Waals surface area contributed by atoms with Crippen molar-refractivity contribution in [3.05, 3.63) is 58.1 Å². The maximum Gasteiger partial charge on any atom is 0.193 e. The van der Waals surface area contributed by atoms with Gasteiger partial charge in [0.05, 0.1) is 17.8 Å². The first kappa shape index (κ1) is 15.4. The molecule has 0 aliphatic heterocycles. The van der Waals surface area contributed by atoms with Gasteiger partial charge in [0, 0.05) is 11.1 Å². The van der Waals surface area contributed by atoms with Crippen LogP contribution in [0.5, 0.6) is 5.75 Å². The zero-order chi connectivity index (χ0) is 15.6. The molecule has 0 spiro atoms. The lowest BCUT2D eigenvalue weighted by Gasteiger charge is -2.13. The van der Waals surface area contributed by atoms with Crippen LogP contribution in [0.2, 0.25) is 5.02 Å². The number of carbonyl (C=O) groups is 1. The van der Waals surface area contributed by atoms with Gasteiger partial charge in [-0.15, -0.1) is 0 Å². The van der Waals surface area contributed by atoms with Crippen molar-refractivity contribution in [3.63, 3.8) is 0 Å². The largest absolute Gasteiger partial charge is 0.496 e. The number of benzene rings is 2. The summed E-state index contributed by atoms with van der Waals surface area (Å²) < 4.78 is 5.33. The van der Waals surface area contributed by atoms with Gasteiger partial charge in [0.15, 0.2) is 5.78 Å². The Balaban J connectivity index is 2.43. The van der Waals surface area contributed by atoms with E-state index in [0.717, 1.165) is 11.3 Å². The molecule has 0 aliphatic carbocycles. The van der Waals surface area contributed by atoms with E-state index < -0.39 is 0 Å². The second-order valence-electron chi connectivity index (χ2n) is 5.18. The third-order valence-corrected chi connectivity index (χ3v) is 3.72. The van der Waals surface area contributed by atoms with E-state index in [1.54, 1.807) is 31.4 Å². The summed E-state index contributed by atoms with van der Waals surface area (Å²) in [7, 11) is 1.63. The predicted octanol–water partition coefficient (Wildman–Crippen LogP) is 4.29. The number of ketones is 1. The molecule has 0 heterocycles. The molecule has 0 aliphatic rings. The maximum atomic E-state index is 12.5. The van der Waals surface area contributed by atoms with Crippen LogP contribution in [0.1, 0.15) is 41.3 Å². The first-order valence-electron chi connectivity index (χ1n) is 6.71. The van der Waals surface area contributed by atoms with E-state index in [9.17, 15) is 4.79 Å². The molecule has 2 aromatic rings. The fraction of sp³-hybridized carbons (Fsp3) is 0.235. The van der Waals surface area contributed by atoms with Crippen LogP contribution in [0, 0.1) is 0 Å². The molecule has 110 valence electrons. The number of nitrogens with two attached hydrogens (primary N) is 1. The van der Waals surface area contributed by atoms with E-state index in [-0.39, 0.29) is 11.7 Å². The first-order valence-corrected chi connectivity index (χ1v) is 7.09. The Kier molecular flexibility index (Phi) is 4.53. The third kappa shape index (κ3) is 3.19. The Labute approximate surface area is 129 Å². The van der Waals surface area contributed by atoms with Crippen LogP contribution in [0.25, 0.3) is 0 Å². The van der Waals surface area contributed by atoms with E-state index in [1.165, 1.54) is 0 Å². The molecule has 0 amide bonds. The van der Waals surface area contributed by atoms with Crippen LogP contribution >= 0.6 is 11.6 Å². The molecule has 0 saturated carbocycles. The van der Waals surface area contributed by atoms with Gasteiger partial charge in [-0.1, -0.05) is 25.4 Å². The van der Waals surface area contributed by atoms with Crippen LogP contribution < -0.4 is 10.5 Å². The number of ether oxygens (including phenoxy) is 1. The Morgan fingerprint density at radius 3 is 2.33 bits per heavy atom. The Bertz CT molecular complexity index is 680. The molecule has 2 N–H and O–H groups in total. The number of hydrogen-bond donors (Lipinski definition) is 1. The predicted molar refractivity (Wildman–Crippen MR) is 86.4 cm³/mol. The van der Waals surface area contributed by atoms with Crippen molar-refractivity contribution in [2.24, 2.45) is 0 Å². The second kappa shape index (κ2) is 6.19. The quantitative estimate of drug-likeness (QED) is 0.677. The zero-order valence-electron chi connectivity index (χ0n) is 12.3. The highest BCUT2D eigenvalue weighted by Crippen LogP contribution is 2.29. The van der Waals surface area contributed by atoms with Gasteiger partial charge in [-0.05, 0) is 47.9 Å². The number of carbonyl (C=O) groups excluding carboxylic acids is 1. The number of rotatable bonds is 4. The second-order valence-corrected chi connectivity index (χ2v) is 5.58. The first-order chi connectivity index (χ1) is 9.93. The summed E-state index contributed by atoms with van der Waals surface area (Å²) in [6.07, 6.45) is 0. The number of halogens is 1. The van der Waals surface area contributed by atoms with Crippen LogP contribution in [-0.4, -0.2) is 12.9 Å². The van der Waals surface area contributed by atoms with Gasteiger partial charge >= 0.3 is 0 Å². The molecule has 2 aromatic carbocycles. The SMILES string of the molecule is COc1ccc(C(=O)c2ccc(Cl)c(N)c2)cc1C(C)C. The van der Waals surface area contributed by atoms with Crippen molar-refractivity contribution in [2.45, 2.75) is 19.8 Å². The van der Waals surface area contributed by atoms with Gasteiger partial charge < -0.3 is 10.5 Å². The standard InChI is InChI=1S/C17H18ClNO2/c1-10(2)13-8-11(5-7-16(13)21-3)17(20)12-4-6-14(18)15(19)9-12/h4-10H,19H2,1-3H3. The number of methoxy groups -OCH3 is 1. The molecule has 21 heavy (non-hydrogen) atoms. The Morgan fingerprint density at radius 2 is 1.76 bits per heavy atom. The summed E-state index contributed by atoms with van der Waals surface area (Å²) in [6.45, 7) is 4.12. The summed E-state index contributed by atoms with van der Waals surface area (Å²) in [6, 6.07) is 10.4. The van der Waals surface area contributed by atoms with E-state index in [0.29, 0.717) is 21.8 Å². The van der Waals surface area contributed by atoms with Gasteiger partial charge in [0.2, 0.25) is 0 Å². The average Bonchev–Trinajstić information content (AvgIpc) is 2.48. The third-order valence-electron chi connectivity index (χ3n) is 3.37. The summed E-state index contributed by atoms with van der Waals surface area (Å²) in [4.78, 5) is 12.5. The Morgan fingerprint density at radius 1 is 1.14 bits per heavy atom. The van der Waals surface area contributed by atoms with Crippen LogP contribution in [0.3, 0.4) is 0 Å². The van der Waals surface area contributed by atoms with Crippen LogP contribution in [0.4, 0.5) is 5.69 Å². The number of nitrogen functional groups attached to an aromatic ring is 1. The highest BCUT2D eigenvalue weighted by atomic mass is 35.5. The fourth-order valence-electron chi connectivity index (χ4n) is 2.18. The molecular formula is C17H18ClNO2. The minimum absolute atomic E-state index is 0.0806. The fourth-order valence-corrected chi connectivity index (χ4v) is 2.30. The van der Waals surface area contributed by atoms with Crippen LogP contribution in [-0.2, 0) is 0 Å². The molecule has 4 heteroatoms. The van der Waals surface area contributed by atoms with Crippen LogP contribution in [0.15, 0.2) is 36.4 Å². The van der Waals surface area contributed by atoms with Gasteiger partial charge in [-0.3, -0.25) is 4.79 Å². The number of anilines is 1. The molecule has 2 rings (SSSR count). The van der Waals surface area contributed by atoms with Crippen molar-refractivity contribution in [3.8, 4) is 5.75 Å². The van der Waals surface area contributed by atoms with E-state index in [4.69, 9.17) is 22.1 Å². The van der Waals surface area contributed by atoms with E-state index in [2.05, 4.69) is 13.8 Å². The maximum absolute atomic E-state index is 12.5. The van der Waals surface area contributed by atoms with Gasteiger partial charge in [-0.2, -0.15) is 0 Å². The topological polar surface area (TPSA) is 52.3 Å². The molecule has 3 nitrogen and oxygen atoms in total. The molecule has 0 unspecified atom stereocenters. The number of hydrogen-bond acceptors (Lipinski definition) is 3. The molecule has 0 fully saturated rings. The van der Waals surface area contributed by atoms with E-state index in [1.807, 2.05) is 12.1 Å². The average molecular weight is 304 g/mol. The van der Waals surface area contributed by atoms with Gasteiger partial charge in [0.1, 0.15) is 5.75 Å². The summed E-state index contributed by atoms with van der Waals surface area (Å²) in [5, 5.41) is 0.448. The molecule has 0 aromatic heterocycles. The van der Waals surface area contributed by atoms with Crippen molar-refractivity contribution in [1.82, 2.24) is 0 Å². The summed E-state index contributed by atoms with van der Waals surface area (Å²) >= 11 is 5.88. The lowest BCUT2D eigenvalue weighted by Crippen LogP contribution is -2.04. The lowest BCUT2D eigenvalue weighted by atomic mass is 9.95. The summed E-state index contributed by atoms with van der Waals surface area (Å²) in [5.41, 5.74) is 8.30. The van der Waals surface area contributed by atoms with Crippen molar-refractivity contribution in [1.29, 1.82) is 0 Å². The highest BCUT2D eigenvalue weighted by molar-refractivity contribution is 6.33. The highest BCUT2D eigenvalue weighted by Gasteiger charge is 2.14. The minimum atomic E-state index is -0.0806. The molecule has 0 saturated heterocycles. The lowest BCUT2D eigenvalue weighted by molar-refractivity contribution is 0.103. The van der Waals surface area contributed by atoms with Crippen molar-refractivity contribution < 1.29 is 9.53 Å². The molecule has 0 bridgehead atoms. The summed E-state index contributed by atoms with van der Waals surface area (Å²) in [5.74, 6) is 0.975. The van der Waals surface area contributed by atoms with Gasteiger partial charge in [-0.25, -0.2) is 0 Å².